The van der Waals surface area contributed by atoms with Crippen molar-refractivity contribution in [2.24, 2.45) is 0 Å². The molecule has 25 heavy (non-hydrogen) atoms. The molecule has 0 aliphatic carbocycles. The van der Waals surface area contributed by atoms with Crippen molar-refractivity contribution in [3.05, 3.63) is 52.5 Å². The molecular formula is C18H20Cl2O5. The lowest BCUT2D eigenvalue weighted by atomic mass is 10.1. The van der Waals surface area contributed by atoms with Gasteiger partial charge in [0.1, 0.15) is 5.75 Å². The second-order valence-electron chi connectivity index (χ2n) is 4.96. The first kappa shape index (κ1) is 21.1. The standard InChI is InChI=1S/C18H20Cl2O5/c1-4-6-7-12(3)17(18(22)23-5-2)25-16(21)11-24-15-9-8-13(19)10-14(15)20/h4,7-10,17H,1,5-6,11H2,2-3H3. The molecule has 7 heteroatoms. The van der Waals surface area contributed by atoms with Crippen molar-refractivity contribution >= 4 is 35.1 Å². The molecular weight excluding hydrogens is 367 g/mol. The second-order valence-corrected chi connectivity index (χ2v) is 5.80. The maximum atomic E-state index is 12.0. The molecule has 1 rings (SSSR count). The van der Waals surface area contributed by atoms with Crippen LogP contribution in [-0.4, -0.2) is 31.3 Å². The first-order valence-corrected chi connectivity index (χ1v) is 8.36. The molecule has 0 fully saturated rings. The van der Waals surface area contributed by atoms with Crippen molar-refractivity contribution in [3.8, 4) is 5.75 Å². The van der Waals surface area contributed by atoms with E-state index in [0.29, 0.717) is 17.0 Å². The average molecular weight is 387 g/mol. The van der Waals surface area contributed by atoms with Gasteiger partial charge in [-0.3, -0.25) is 0 Å². The van der Waals surface area contributed by atoms with Gasteiger partial charge in [0, 0.05) is 5.02 Å². The number of allylic oxidation sites excluding steroid dienone is 2. The Morgan fingerprint density at radius 2 is 2.04 bits per heavy atom. The Morgan fingerprint density at radius 1 is 1.32 bits per heavy atom. The predicted molar refractivity (Wildman–Crippen MR) is 97.0 cm³/mol. The molecule has 0 bridgehead atoms. The minimum atomic E-state index is -1.13. The normalized spacial score (nSPS) is 12.2. The van der Waals surface area contributed by atoms with Crippen LogP contribution in [0.1, 0.15) is 20.3 Å². The molecule has 0 amide bonds. The number of hydrogen-bond acceptors (Lipinski definition) is 5. The number of carbonyl (C=O) groups excluding carboxylic acids is 2. The van der Waals surface area contributed by atoms with Crippen molar-refractivity contribution in [2.45, 2.75) is 26.4 Å². The van der Waals surface area contributed by atoms with Crippen molar-refractivity contribution < 1.29 is 23.8 Å². The van der Waals surface area contributed by atoms with Crippen molar-refractivity contribution in [3.63, 3.8) is 0 Å². The molecule has 0 saturated heterocycles. The lowest BCUT2D eigenvalue weighted by Crippen LogP contribution is -2.32. The van der Waals surface area contributed by atoms with Gasteiger partial charge < -0.3 is 14.2 Å². The monoisotopic (exact) mass is 386 g/mol. The van der Waals surface area contributed by atoms with E-state index < -0.39 is 24.6 Å². The van der Waals surface area contributed by atoms with Crippen molar-refractivity contribution in [1.82, 2.24) is 0 Å². The summed E-state index contributed by atoms with van der Waals surface area (Å²) < 4.78 is 15.4. The van der Waals surface area contributed by atoms with Gasteiger partial charge in [-0.15, -0.1) is 6.58 Å². The molecule has 0 heterocycles. The van der Waals surface area contributed by atoms with Gasteiger partial charge in [0.15, 0.2) is 6.61 Å². The first-order chi connectivity index (χ1) is 11.9. The number of halogens is 2. The van der Waals surface area contributed by atoms with E-state index in [1.807, 2.05) is 0 Å². The van der Waals surface area contributed by atoms with Crippen molar-refractivity contribution in [1.29, 1.82) is 0 Å². The molecule has 1 atom stereocenters. The fraction of sp³-hybridized carbons (Fsp3) is 0.333. The Morgan fingerprint density at radius 3 is 2.64 bits per heavy atom. The zero-order valence-corrected chi connectivity index (χ0v) is 15.6. The lowest BCUT2D eigenvalue weighted by molar-refractivity contribution is -0.166. The molecule has 0 aliphatic rings. The van der Waals surface area contributed by atoms with E-state index in [-0.39, 0.29) is 17.4 Å². The highest BCUT2D eigenvalue weighted by atomic mass is 35.5. The molecule has 0 spiro atoms. The summed E-state index contributed by atoms with van der Waals surface area (Å²) in [5.41, 5.74) is 0.552. The molecule has 5 nitrogen and oxygen atoms in total. The van der Waals surface area contributed by atoms with E-state index in [4.69, 9.17) is 37.4 Å². The minimum absolute atomic E-state index is 0.179. The van der Waals surface area contributed by atoms with Gasteiger partial charge in [-0.25, -0.2) is 9.59 Å². The highest BCUT2D eigenvalue weighted by molar-refractivity contribution is 6.35. The van der Waals surface area contributed by atoms with Crippen LogP contribution >= 0.6 is 23.2 Å². The fourth-order valence-electron chi connectivity index (χ4n) is 1.82. The van der Waals surface area contributed by atoms with Gasteiger partial charge >= 0.3 is 11.9 Å². The van der Waals surface area contributed by atoms with Crippen LogP contribution in [0.3, 0.4) is 0 Å². The van der Waals surface area contributed by atoms with E-state index in [9.17, 15) is 9.59 Å². The van der Waals surface area contributed by atoms with Crippen LogP contribution in [0.15, 0.2) is 42.5 Å². The van der Waals surface area contributed by atoms with Gasteiger partial charge in [0.2, 0.25) is 6.10 Å². The SMILES string of the molecule is C=CCC=C(C)C(OC(=O)COc1ccc(Cl)cc1Cl)C(=O)OCC. The van der Waals surface area contributed by atoms with Gasteiger partial charge in [-0.05, 0) is 44.0 Å². The van der Waals surface area contributed by atoms with E-state index in [2.05, 4.69) is 6.58 Å². The smallest absolute Gasteiger partial charge is 0.351 e. The van der Waals surface area contributed by atoms with Crippen LogP contribution in [0.2, 0.25) is 10.0 Å². The third kappa shape index (κ3) is 7.20. The lowest BCUT2D eigenvalue weighted by Gasteiger charge is -2.17. The summed E-state index contributed by atoms with van der Waals surface area (Å²) in [5.74, 6) is -1.08. The molecule has 0 saturated carbocycles. The van der Waals surface area contributed by atoms with Crippen LogP contribution < -0.4 is 4.74 Å². The Bertz CT molecular complexity index is 655. The summed E-state index contributed by atoms with van der Waals surface area (Å²) in [5, 5.41) is 0.717. The molecule has 1 aromatic rings. The first-order valence-electron chi connectivity index (χ1n) is 7.60. The quantitative estimate of drug-likeness (QED) is 0.465. The number of hydrogen-bond donors (Lipinski definition) is 0. The molecule has 0 N–H and O–H groups in total. The topological polar surface area (TPSA) is 61.8 Å². The molecule has 1 aromatic carbocycles. The third-order valence-electron chi connectivity index (χ3n) is 3.01. The predicted octanol–water partition coefficient (Wildman–Crippen LogP) is 4.37. The van der Waals surface area contributed by atoms with Gasteiger partial charge in [0.25, 0.3) is 0 Å². The third-order valence-corrected chi connectivity index (χ3v) is 3.54. The van der Waals surface area contributed by atoms with Crippen LogP contribution in [0.5, 0.6) is 5.75 Å². The number of ether oxygens (including phenoxy) is 3. The highest BCUT2D eigenvalue weighted by Gasteiger charge is 2.26. The summed E-state index contributed by atoms with van der Waals surface area (Å²) >= 11 is 11.8. The fourth-order valence-corrected chi connectivity index (χ4v) is 2.28. The minimum Gasteiger partial charge on any atom is -0.480 e. The van der Waals surface area contributed by atoms with E-state index >= 15 is 0 Å². The Kier molecular flexibility index (Phi) is 9.10. The summed E-state index contributed by atoms with van der Waals surface area (Å²) in [6.07, 6.45) is 2.81. The summed E-state index contributed by atoms with van der Waals surface area (Å²) in [6, 6.07) is 4.61. The van der Waals surface area contributed by atoms with Gasteiger partial charge in [-0.2, -0.15) is 0 Å². The van der Waals surface area contributed by atoms with Crippen molar-refractivity contribution in [2.75, 3.05) is 13.2 Å². The maximum Gasteiger partial charge on any atom is 0.351 e. The second kappa shape index (κ2) is 10.8. The van der Waals surface area contributed by atoms with E-state index in [0.717, 1.165) is 0 Å². The van der Waals surface area contributed by atoms with E-state index in [1.54, 1.807) is 32.1 Å². The Labute approximate surface area is 157 Å². The zero-order valence-electron chi connectivity index (χ0n) is 14.1. The summed E-state index contributed by atoms with van der Waals surface area (Å²) in [7, 11) is 0. The zero-order chi connectivity index (χ0) is 18.8. The Hall–Kier alpha value is -1.98. The maximum absolute atomic E-state index is 12.0. The summed E-state index contributed by atoms with van der Waals surface area (Å²) in [4.78, 5) is 24.0. The van der Waals surface area contributed by atoms with Crippen LogP contribution in [0.4, 0.5) is 0 Å². The average Bonchev–Trinajstić information content (AvgIpc) is 2.56. The number of esters is 2. The van der Waals surface area contributed by atoms with Gasteiger partial charge in [0.05, 0.1) is 11.6 Å². The van der Waals surface area contributed by atoms with Gasteiger partial charge in [-0.1, -0.05) is 35.4 Å². The largest absolute Gasteiger partial charge is 0.480 e. The molecule has 0 aliphatic heterocycles. The highest BCUT2D eigenvalue weighted by Crippen LogP contribution is 2.27. The number of carbonyl (C=O) groups is 2. The number of benzene rings is 1. The van der Waals surface area contributed by atoms with E-state index in [1.165, 1.54) is 12.1 Å². The van der Waals surface area contributed by atoms with Crippen LogP contribution in [-0.2, 0) is 19.1 Å². The molecule has 136 valence electrons. The molecule has 0 radical (unpaired) electrons. The summed E-state index contributed by atoms with van der Waals surface area (Å²) in [6.45, 7) is 6.72. The number of rotatable bonds is 9. The van der Waals surface area contributed by atoms with Crippen LogP contribution in [0, 0.1) is 0 Å². The Balaban J connectivity index is 2.73. The molecule has 1 unspecified atom stereocenters. The van der Waals surface area contributed by atoms with Crippen LogP contribution in [0.25, 0.3) is 0 Å². The molecule has 0 aromatic heterocycles.